The predicted octanol–water partition coefficient (Wildman–Crippen LogP) is 3.80. The van der Waals surface area contributed by atoms with Crippen LogP contribution in [-0.4, -0.2) is 17.3 Å². The average Bonchev–Trinajstić information content (AvgIpc) is 2.91. The summed E-state index contributed by atoms with van der Waals surface area (Å²) in [5, 5.41) is 14.4. The number of hydrogen-bond acceptors (Lipinski definition) is 3. The van der Waals surface area contributed by atoms with E-state index in [-0.39, 0.29) is 18.0 Å². The second-order valence-corrected chi connectivity index (χ2v) is 6.45. The van der Waals surface area contributed by atoms with E-state index in [1.165, 1.54) is 17.4 Å². The number of benzene rings is 1. The zero-order valence-electron chi connectivity index (χ0n) is 11.8. The zero-order chi connectivity index (χ0) is 14.6. The lowest BCUT2D eigenvalue weighted by Crippen LogP contribution is -2.39. The van der Waals surface area contributed by atoms with Crippen LogP contribution in [0.2, 0.25) is 0 Å². The van der Waals surface area contributed by atoms with Gasteiger partial charge in [-0.3, -0.25) is 0 Å². The van der Waals surface area contributed by atoms with E-state index in [9.17, 15) is 4.39 Å². The third kappa shape index (κ3) is 3.88. The molecule has 0 radical (unpaired) electrons. The summed E-state index contributed by atoms with van der Waals surface area (Å²) < 4.78 is 13.9. The molecule has 1 heterocycles. The van der Waals surface area contributed by atoms with Crippen molar-refractivity contribution in [3.05, 3.63) is 47.1 Å². The highest BCUT2D eigenvalue weighted by molar-refractivity contribution is 7.13. The molecule has 0 fully saturated rings. The Morgan fingerprint density at radius 3 is 2.75 bits per heavy atom. The SMILES string of the molecule is CC(C)(CCO)NCc1ccc(F)c(-c2cccs2)c1. The summed E-state index contributed by atoms with van der Waals surface area (Å²) in [7, 11) is 0. The van der Waals surface area contributed by atoms with Crippen LogP contribution in [0.5, 0.6) is 0 Å². The van der Waals surface area contributed by atoms with Gasteiger partial charge < -0.3 is 10.4 Å². The maximum absolute atomic E-state index is 13.9. The van der Waals surface area contributed by atoms with E-state index in [4.69, 9.17) is 5.11 Å². The third-order valence-corrected chi connectivity index (χ3v) is 4.23. The summed E-state index contributed by atoms with van der Waals surface area (Å²) in [5.74, 6) is -0.189. The first-order valence-corrected chi connectivity index (χ1v) is 7.58. The summed E-state index contributed by atoms with van der Waals surface area (Å²) in [6.07, 6.45) is 0.686. The number of rotatable bonds is 6. The van der Waals surface area contributed by atoms with Crippen molar-refractivity contribution < 1.29 is 9.50 Å². The van der Waals surface area contributed by atoms with Crippen molar-refractivity contribution >= 4 is 11.3 Å². The smallest absolute Gasteiger partial charge is 0.131 e. The van der Waals surface area contributed by atoms with Gasteiger partial charge in [0.05, 0.1) is 0 Å². The molecule has 0 spiro atoms. The van der Waals surface area contributed by atoms with Gasteiger partial charge in [0, 0.05) is 29.1 Å². The number of thiophene rings is 1. The second-order valence-electron chi connectivity index (χ2n) is 5.50. The maximum atomic E-state index is 13.9. The first-order valence-electron chi connectivity index (χ1n) is 6.70. The molecule has 0 aliphatic heterocycles. The van der Waals surface area contributed by atoms with Crippen molar-refractivity contribution in [3.8, 4) is 10.4 Å². The number of nitrogens with one attached hydrogen (secondary N) is 1. The van der Waals surface area contributed by atoms with Gasteiger partial charge in [0.1, 0.15) is 5.82 Å². The molecule has 0 bridgehead atoms. The van der Waals surface area contributed by atoms with E-state index in [0.29, 0.717) is 18.5 Å². The van der Waals surface area contributed by atoms with Gasteiger partial charge in [-0.05, 0) is 49.4 Å². The molecule has 0 atom stereocenters. The fourth-order valence-electron chi connectivity index (χ4n) is 2.01. The standard InChI is InChI=1S/C16H20FNOS/c1-16(2,7-8-19)18-11-12-5-6-14(17)13(10-12)15-4-3-9-20-15/h3-6,9-10,18-19H,7-8,11H2,1-2H3. The van der Waals surface area contributed by atoms with E-state index in [2.05, 4.69) is 5.32 Å². The number of halogens is 1. The number of aliphatic hydroxyl groups excluding tert-OH is 1. The lowest BCUT2D eigenvalue weighted by Gasteiger charge is -2.25. The minimum atomic E-state index is -0.189. The van der Waals surface area contributed by atoms with Gasteiger partial charge in [-0.25, -0.2) is 4.39 Å². The molecule has 0 unspecified atom stereocenters. The van der Waals surface area contributed by atoms with Crippen LogP contribution in [-0.2, 0) is 6.54 Å². The summed E-state index contributed by atoms with van der Waals surface area (Å²) in [6, 6.07) is 9.06. The highest BCUT2D eigenvalue weighted by atomic mass is 32.1. The van der Waals surface area contributed by atoms with E-state index in [0.717, 1.165) is 10.4 Å². The van der Waals surface area contributed by atoms with E-state index >= 15 is 0 Å². The molecule has 0 aliphatic rings. The maximum Gasteiger partial charge on any atom is 0.131 e. The second kappa shape index (κ2) is 6.48. The zero-order valence-corrected chi connectivity index (χ0v) is 12.6. The summed E-state index contributed by atoms with van der Waals surface area (Å²) in [4.78, 5) is 0.943. The monoisotopic (exact) mass is 293 g/mol. The van der Waals surface area contributed by atoms with Crippen LogP contribution in [0.1, 0.15) is 25.8 Å². The molecule has 108 valence electrons. The molecule has 0 amide bonds. The summed E-state index contributed by atoms with van der Waals surface area (Å²) >= 11 is 1.54. The van der Waals surface area contributed by atoms with E-state index in [1.807, 2.05) is 37.4 Å². The third-order valence-electron chi connectivity index (χ3n) is 3.33. The van der Waals surface area contributed by atoms with Crippen molar-refractivity contribution in [1.82, 2.24) is 5.32 Å². The molecular weight excluding hydrogens is 273 g/mol. The topological polar surface area (TPSA) is 32.3 Å². The van der Waals surface area contributed by atoms with Crippen LogP contribution in [0.25, 0.3) is 10.4 Å². The van der Waals surface area contributed by atoms with Crippen LogP contribution in [0.15, 0.2) is 35.7 Å². The summed E-state index contributed by atoms with van der Waals surface area (Å²) in [5.41, 5.74) is 1.56. The number of aliphatic hydroxyl groups is 1. The highest BCUT2D eigenvalue weighted by Gasteiger charge is 2.16. The largest absolute Gasteiger partial charge is 0.396 e. The molecular formula is C16H20FNOS. The van der Waals surface area contributed by atoms with Gasteiger partial charge >= 0.3 is 0 Å². The molecule has 0 aliphatic carbocycles. The fraction of sp³-hybridized carbons (Fsp3) is 0.375. The molecule has 4 heteroatoms. The molecule has 2 aromatic rings. The molecule has 1 aromatic carbocycles. The lowest BCUT2D eigenvalue weighted by molar-refractivity contribution is 0.230. The van der Waals surface area contributed by atoms with Crippen molar-refractivity contribution in [2.45, 2.75) is 32.4 Å². The van der Waals surface area contributed by atoms with Gasteiger partial charge in [-0.15, -0.1) is 11.3 Å². The van der Waals surface area contributed by atoms with Crippen LogP contribution in [0.4, 0.5) is 4.39 Å². The van der Waals surface area contributed by atoms with Gasteiger partial charge in [0.15, 0.2) is 0 Å². The van der Waals surface area contributed by atoms with E-state index < -0.39 is 0 Å². The van der Waals surface area contributed by atoms with Crippen LogP contribution < -0.4 is 5.32 Å². The molecule has 20 heavy (non-hydrogen) atoms. The Kier molecular flexibility index (Phi) is 4.91. The lowest BCUT2D eigenvalue weighted by atomic mass is 10.0. The molecule has 2 nitrogen and oxygen atoms in total. The molecule has 2 N–H and O–H groups in total. The first kappa shape index (κ1) is 15.2. The first-order chi connectivity index (χ1) is 9.52. The Balaban J connectivity index is 2.12. The molecule has 0 saturated heterocycles. The van der Waals surface area contributed by atoms with Crippen molar-refractivity contribution in [2.24, 2.45) is 0 Å². The van der Waals surface area contributed by atoms with E-state index in [1.54, 1.807) is 6.07 Å². The quantitative estimate of drug-likeness (QED) is 0.849. The molecule has 0 saturated carbocycles. The van der Waals surface area contributed by atoms with Crippen molar-refractivity contribution in [2.75, 3.05) is 6.61 Å². The predicted molar refractivity (Wildman–Crippen MR) is 82.3 cm³/mol. The Morgan fingerprint density at radius 1 is 1.30 bits per heavy atom. The number of hydrogen-bond donors (Lipinski definition) is 2. The molecule has 2 rings (SSSR count). The van der Waals surface area contributed by atoms with Gasteiger partial charge in [0.2, 0.25) is 0 Å². The Hall–Kier alpha value is -1.23. The minimum Gasteiger partial charge on any atom is -0.396 e. The van der Waals surface area contributed by atoms with Gasteiger partial charge in [-0.1, -0.05) is 12.1 Å². The molecule has 1 aromatic heterocycles. The normalized spacial score (nSPS) is 11.8. The Bertz CT molecular complexity index is 552. The average molecular weight is 293 g/mol. The van der Waals surface area contributed by atoms with Gasteiger partial charge in [-0.2, -0.15) is 0 Å². The van der Waals surface area contributed by atoms with Crippen LogP contribution >= 0.6 is 11.3 Å². The fourth-order valence-corrected chi connectivity index (χ4v) is 2.76. The van der Waals surface area contributed by atoms with Crippen LogP contribution in [0.3, 0.4) is 0 Å². The summed E-state index contributed by atoms with van der Waals surface area (Å²) in [6.45, 7) is 4.91. The minimum absolute atomic E-state index is 0.133. The van der Waals surface area contributed by atoms with Crippen LogP contribution in [0, 0.1) is 5.82 Å². The van der Waals surface area contributed by atoms with Gasteiger partial charge in [0.25, 0.3) is 0 Å². The highest BCUT2D eigenvalue weighted by Crippen LogP contribution is 2.28. The van der Waals surface area contributed by atoms with Crippen molar-refractivity contribution in [1.29, 1.82) is 0 Å². The van der Waals surface area contributed by atoms with Crippen molar-refractivity contribution in [3.63, 3.8) is 0 Å². The Labute approximate surface area is 123 Å². The Morgan fingerprint density at radius 2 is 2.10 bits per heavy atom.